The second kappa shape index (κ2) is 8.66. The van der Waals surface area contributed by atoms with Gasteiger partial charge in [-0.15, -0.1) is 11.3 Å². The molecular weight excluding hydrogens is 431 g/mol. The second-order valence-electron chi connectivity index (χ2n) is 6.87. The van der Waals surface area contributed by atoms with Crippen molar-refractivity contribution in [3.63, 3.8) is 0 Å². The van der Waals surface area contributed by atoms with Gasteiger partial charge < -0.3 is 9.15 Å². The number of rotatable bonds is 6. The normalized spacial score (nSPS) is 15.9. The predicted octanol–water partition coefficient (Wildman–Crippen LogP) is 3.69. The molecule has 30 heavy (non-hydrogen) atoms. The van der Waals surface area contributed by atoms with Crippen LogP contribution in [-0.2, 0) is 26.2 Å². The summed E-state index contributed by atoms with van der Waals surface area (Å²) in [4.78, 5) is 16.6. The minimum Gasteiger partial charge on any atom is -0.459 e. The third-order valence-electron chi connectivity index (χ3n) is 4.88. The summed E-state index contributed by atoms with van der Waals surface area (Å²) in [6.07, 6.45) is 2.20. The van der Waals surface area contributed by atoms with E-state index in [1.807, 2.05) is 0 Å². The Balaban J connectivity index is 1.29. The quantitative estimate of drug-likeness (QED) is 0.532. The molecule has 10 heteroatoms. The number of sulfonamides is 1. The van der Waals surface area contributed by atoms with Gasteiger partial charge in [0.1, 0.15) is 28.6 Å². The smallest absolute Gasteiger partial charge is 0.309 e. The highest BCUT2D eigenvalue weighted by Crippen LogP contribution is 2.27. The van der Waals surface area contributed by atoms with Crippen LogP contribution in [0.5, 0.6) is 0 Å². The first-order valence-electron chi connectivity index (χ1n) is 9.34. The largest absolute Gasteiger partial charge is 0.459 e. The minimum absolute atomic E-state index is 0.0444. The van der Waals surface area contributed by atoms with Crippen LogP contribution in [0.2, 0.25) is 0 Å². The van der Waals surface area contributed by atoms with E-state index in [1.54, 1.807) is 29.6 Å². The van der Waals surface area contributed by atoms with Gasteiger partial charge in [-0.1, -0.05) is 6.07 Å². The van der Waals surface area contributed by atoms with Gasteiger partial charge in [-0.05, 0) is 48.6 Å². The van der Waals surface area contributed by atoms with E-state index in [0.717, 1.165) is 0 Å². The molecule has 4 rings (SSSR count). The summed E-state index contributed by atoms with van der Waals surface area (Å²) in [6.45, 7) is 0.509. The maximum atomic E-state index is 13.0. The van der Waals surface area contributed by atoms with Crippen molar-refractivity contribution in [3.8, 4) is 11.5 Å². The van der Waals surface area contributed by atoms with Gasteiger partial charge in [-0.2, -0.15) is 4.31 Å². The number of carbonyl (C=O) groups is 1. The Kier molecular flexibility index (Phi) is 5.98. The third kappa shape index (κ3) is 4.45. The van der Waals surface area contributed by atoms with Gasteiger partial charge in [-0.3, -0.25) is 4.79 Å². The molecule has 1 aliphatic heterocycles. The Morgan fingerprint density at radius 3 is 2.63 bits per heavy atom. The highest BCUT2D eigenvalue weighted by Gasteiger charge is 2.33. The van der Waals surface area contributed by atoms with Crippen LogP contribution in [0.1, 0.15) is 18.5 Å². The molecule has 1 saturated heterocycles. The Labute approximate surface area is 177 Å². The summed E-state index contributed by atoms with van der Waals surface area (Å²) in [5.74, 6) is -0.778. The van der Waals surface area contributed by atoms with E-state index in [9.17, 15) is 17.6 Å². The molecule has 1 fully saturated rings. The number of benzene rings is 1. The van der Waals surface area contributed by atoms with E-state index in [0.29, 0.717) is 34.2 Å². The number of oxazole rings is 1. The van der Waals surface area contributed by atoms with Crippen LogP contribution >= 0.6 is 11.3 Å². The lowest BCUT2D eigenvalue weighted by Crippen LogP contribution is -2.40. The lowest BCUT2D eigenvalue weighted by atomic mass is 9.98. The minimum atomic E-state index is -3.50. The molecule has 0 N–H and O–H groups in total. The highest BCUT2D eigenvalue weighted by atomic mass is 32.2. The summed E-state index contributed by atoms with van der Waals surface area (Å²) in [5, 5.41) is 1.72. The van der Waals surface area contributed by atoms with Crippen LogP contribution in [0.15, 0.2) is 56.7 Å². The molecule has 2 aromatic heterocycles. The van der Waals surface area contributed by atoms with Crippen LogP contribution in [0, 0.1) is 11.7 Å². The molecule has 158 valence electrons. The summed E-state index contributed by atoms with van der Waals surface area (Å²) < 4.78 is 50.5. The fourth-order valence-electron chi connectivity index (χ4n) is 3.23. The molecule has 0 saturated carbocycles. The number of hydrogen-bond donors (Lipinski definition) is 0. The first-order valence-corrected chi connectivity index (χ1v) is 11.7. The first-order chi connectivity index (χ1) is 14.4. The lowest BCUT2D eigenvalue weighted by Gasteiger charge is -2.29. The van der Waals surface area contributed by atoms with Gasteiger partial charge in [0, 0.05) is 18.7 Å². The number of hydrogen-bond acceptors (Lipinski definition) is 7. The van der Waals surface area contributed by atoms with E-state index in [2.05, 4.69) is 4.98 Å². The Morgan fingerprint density at radius 1 is 1.23 bits per heavy atom. The fourth-order valence-corrected chi connectivity index (χ4v) is 5.84. The van der Waals surface area contributed by atoms with Gasteiger partial charge in [0.15, 0.2) is 0 Å². The van der Waals surface area contributed by atoms with Gasteiger partial charge in [0.2, 0.25) is 5.89 Å². The maximum absolute atomic E-state index is 13.0. The number of aromatic nitrogens is 1. The summed E-state index contributed by atoms with van der Waals surface area (Å²) in [5.41, 5.74) is 1.06. The van der Waals surface area contributed by atoms with Crippen molar-refractivity contribution in [2.75, 3.05) is 13.1 Å². The average molecular weight is 451 g/mol. The van der Waals surface area contributed by atoms with Gasteiger partial charge >= 0.3 is 5.97 Å². The van der Waals surface area contributed by atoms with Crippen LogP contribution in [0.3, 0.4) is 0 Å². The van der Waals surface area contributed by atoms with E-state index < -0.39 is 10.0 Å². The molecule has 0 radical (unpaired) electrons. The van der Waals surface area contributed by atoms with Gasteiger partial charge in [0.05, 0.1) is 5.92 Å². The molecule has 1 aromatic carbocycles. The monoisotopic (exact) mass is 450 g/mol. The fraction of sp³-hybridized carbons (Fsp3) is 0.300. The lowest BCUT2D eigenvalue weighted by molar-refractivity contribution is -0.151. The number of piperidine rings is 1. The average Bonchev–Trinajstić information content (AvgIpc) is 3.45. The topological polar surface area (TPSA) is 89.7 Å². The summed E-state index contributed by atoms with van der Waals surface area (Å²) >= 11 is 1.18. The number of carbonyl (C=O) groups excluding carboxylic acids is 1. The van der Waals surface area contributed by atoms with Crippen molar-refractivity contribution in [1.29, 1.82) is 0 Å². The predicted molar refractivity (Wildman–Crippen MR) is 107 cm³/mol. The summed E-state index contributed by atoms with van der Waals surface area (Å²) in [7, 11) is -3.50. The zero-order valence-electron chi connectivity index (χ0n) is 15.9. The van der Waals surface area contributed by atoms with Crippen LogP contribution < -0.4 is 0 Å². The number of halogens is 1. The van der Waals surface area contributed by atoms with Gasteiger partial charge in [0.25, 0.3) is 10.0 Å². The molecule has 1 aliphatic rings. The molecule has 0 atom stereocenters. The molecular formula is C20H19FN2O5S2. The van der Waals surface area contributed by atoms with Crippen molar-refractivity contribution >= 4 is 27.3 Å². The van der Waals surface area contributed by atoms with Crippen molar-refractivity contribution in [1.82, 2.24) is 9.29 Å². The number of thiophene rings is 1. The Morgan fingerprint density at radius 2 is 1.97 bits per heavy atom. The SMILES string of the molecule is O=C(OCc1coc(-c2ccc(F)cc2)n1)C1CCN(S(=O)(=O)c2cccs2)CC1. The molecule has 0 spiro atoms. The van der Waals surface area contributed by atoms with Crippen molar-refractivity contribution in [2.45, 2.75) is 23.7 Å². The zero-order chi connectivity index (χ0) is 21.1. The van der Waals surface area contributed by atoms with E-state index in [-0.39, 0.29) is 37.4 Å². The van der Waals surface area contributed by atoms with Crippen molar-refractivity contribution < 1.29 is 26.8 Å². The van der Waals surface area contributed by atoms with Crippen molar-refractivity contribution in [2.24, 2.45) is 5.92 Å². The molecule has 0 amide bonds. The third-order valence-corrected chi connectivity index (χ3v) is 8.15. The van der Waals surface area contributed by atoms with Crippen LogP contribution in [-0.4, -0.2) is 36.8 Å². The zero-order valence-corrected chi connectivity index (χ0v) is 17.5. The number of nitrogens with zero attached hydrogens (tertiary/aromatic N) is 2. The van der Waals surface area contributed by atoms with Crippen molar-refractivity contribution in [3.05, 3.63) is 59.6 Å². The van der Waals surface area contributed by atoms with E-state index in [1.165, 1.54) is 34.0 Å². The Hall–Kier alpha value is -2.56. The first kappa shape index (κ1) is 20.7. The van der Waals surface area contributed by atoms with Gasteiger partial charge in [-0.25, -0.2) is 17.8 Å². The highest BCUT2D eigenvalue weighted by molar-refractivity contribution is 7.91. The second-order valence-corrected chi connectivity index (χ2v) is 9.98. The molecule has 3 aromatic rings. The molecule has 3 heterocycles. The van der Waals surface area contributed by atoms with Crippen LogP contribution in [0.25, 0.3) is 11.5 Å². The van der Waals surface area contributed by atoms with E-state index >= 15 is 0 Å². The number of esters is 1. The molecule has 0 unspecified atom stereocenters. The Bertz CT molecular complexity index is 1100. The summed E-state index contributed by atoms with van der Waals surface area (Å²) in [6, 6.07) is 9.00. The maximum Gasteiger partial charge on any atom is 0.309 e. The van der Waals surface area contributed by atoms with E-state index in [4.69, 9.17) is 9.15 Å². The molecule has 0 bridgehead atoms. The van der Waals surface area contributed by atoms with Crippen LogP contribution in [0.4, 0.5) is 4.39 Å². The number of ether oxygens (including phenoxy) is 1. The molecule has 7 nitrogen and oxygen atoms in total. The standard InChI is InChI=1S/C20H19FN2O5S2/c21-16-5-3-14(4-6-16)19-22-17(12-27-19)13-28-20(24)15-7-9-23(10-8-15)30(25,26)18-2-1-11-29-18/h1-6,11-12,15H,7-10,13H2. The molecule has 0 aliphatic carbocycles.